The minimum atomic E-state index is -1.33. The van der Waals surface area contributed by atoms with E-state index in [1.54, 1.807) is 67.3 Å². The molecule has 2 heterocycles. The van der Waals surface area contributed by atoms with Gasteiger partial charge in [-0.15, -0.1) is 0 Å². The molecule has 19 heteroatoms. The Morgan fingerprint density at radius 1 is 0.500 bits per heavy atom. The highest BCUT2D eigenvalue weighted by Crippen LogP contribution is 2.37. The molecule has 7 N–H and O–H groups in total. The summed E-state index contributed by atoms with van der Waals surface area (Å²) in [7, 11) is 0. The fraction of sp³-hybridized carbons (Fsp3) is 0.237. The zero-order chi connectivity index (χ0) is 55.4. The number of benzene rings is 5. The van der Waals surface area contributed by atoms with Crippen molar-refractivity contribution in [3.8, 4) is 23.0 Å². The standard InChI is InChI=1S/C59H60N6O13/c1-38-31-47(52(57(71)62-38)77-36-42-19-11-5-12-20-42)54(68)60-27-29-65(30-28-61-55(69)48-32-39(2)63-58(72)53(48)78-37-43-21-13-6-14-22-43)33-44(23-26-49(66)67)64-56(70)45-24-25-46(59(73)74)51(76-35-41-17-9-4-10-18-41)50(45)75-34-40-15-7-3-8-16-40/h3-22,24-25,31-32,44H,23,26-30,33-37H2,1-2H3,(H,60,68)(H,61,69)(H,62,71)(H,63,72)(H,64,70)(H,66,67)(H,73,74). The molecule has 2 aromatic heterocycles. The van der Waals surface area contributed by atoms with E-state index in [0.29, 0.717) is 22.5 Å². The molecule has 0 radical (unpaired) electrons. The molecule has 0 saturated carbocycles. The zero-order valence-electron chi connectivity index (χ0n) is 43.0. The second kappa shape index (κ2) is 27.9. The third kappa shape index (κ3) is 16.3. The van der Waals surface area contributed by atoms with Gasteiger partial charge >= 0.3 is 11.9 Å². The Hall–Kier alpha value is -9.49. The van der Waals surface area contributed by atoms with Crippen molar-refractivity contribution in [3.63, 3.8) is 0 Å². The monoisotopic (exact) mass is 1060 g/mol. The maximum atomic E-state index is 14.6. The molecule has 7 rings (SSSR count). The molecule has 19 nitrogen and oxygen atoms in total. The van der Waals surface area contributed by atoms with Gasteiger partial charge in [-0.25, -0.2) is 4.79 Å². The Bertz CT molecular complexity index is 3170. The van der Waals surface area contributed by atoms with Gasteiger partial charge in [0.2, 0.25) is 0 Å². The Kier molecular flexibility index (Phi) is 20.1. The summed E-state index contributed by atoms with van der Waals surface area (Å²) in [5.41, 5.74) is 2.21. The molecule has 78 heavy (non-hydrogen) atoms. The number of hydrogen-bond donors (Lipinski definition) is 7. The fourth-order valence-electron chi connectivity index (χ4n) is 8.31. The van der Waals surface area contributed by atoms with Gasteiger partial charge < -0.3 is 55.1 Å². The number of aromatic nitrogens is 2. The molecule has 0 aliphatic heterocycles. The van der Waals surface area contributed by atoms with E-state index in [4.69, 9.17) is 18.9 Å². The van der Waals surface area contributed by atoms with Crippen molar-refractivity contribution in [1.82, 2.24) is 30.8 Å². The number of aromatic carboxylic acids is 1. The zero-order valence-corrected chi connectivity index (χ0v) is 43.0. The topological polar surface area (TPSA) is 268 Å². The minimum Gasteiger partial charge on any atom is -0.484 e. The molecular formula is C59H60N6O13. The van der Waals surface area contributed by atoms with Gasteiger partial charge in [-0.05, 0) is 66.8 Å². The van der Waals surface area contributed by atoms with E-state index in [-0.39, 0.29) is 117 Å². The van der Waals surface area contributed by atoms with Crippen LogP contribution < -0.4 is 46.0 Å². The predicted octanol–water partition coefficient (Wildman–Crippen LogP) is 6.82. The van der Waals surface area contributed by atoms with E-state index in [1.807, 2.05) is 72.8 Å². The highest BCUT2D eigenvalue weighted by Gasteiger charge is 2.28. The highest BCUT2D eigenvalue weighted by molar-refractivity contribution is 6.01. The van der Waals surface area contributed by atoms with Crippen LogP contribution in [0.1, 0.15) is 87.9 Å². The second-order valence-electron chi connectivity index (χ2n) is 18.2. The van der Waals surface area contributed by atoms with Crippen molar-refractivity contribution in [2.24, 2.45) is 0 Å². The number of aryl methyl sites for hydroxylation is 2. The van der Waals surface area contributed by atoms with Gasteiger partial charge in [-0.3, -0.25) is 33.7 Å². The molecule has 7 aromatic rings. The van der Waals surface area contributed by atoms with Gasteiger partial charge in [-0.2, -0.15) is 0 Å². The number of rotatable bonds is 28. The van der Waals surface area contributed by atoms with Crippen molar-refractivity contribution in [2.75, 3.05) is 32.7 Å². The summed E-state index contributed by atoms with van der Waals surface area (Å²) in [6.45, 7) is 3.14. The molecule has 0 saturated heterocycles. The summed E-state index contributed by atoms with van der Waals surface area (Å²) in [4.78, 5) is 101. The normalized spacial score (nSPS) is 11.3. The molecule has 0 spiro atoms. The van der Waals surface area contributed by atoms with Crippen LogP contribution in [0.5, 0.6) is 23.0 Å². The Morgan fingerprint density at radius 2 is 0.872 bits per heavy atom. The number of H-pyrrole nitrogens is 2. The van der Waals surface area contributed by atoms with E-state index >= 15 is 0 Å². The van der Waals surface area contributed by atoms with E-state index in [9.17, 15) is 43.8 Å². The predicted molar refractivity (Wildman–Crippen MR) is 289 cm³/mol. The van der Waals surface area contributed by atoms with Crippen LogP contribution in [0.4, 0.5) is 0 Å². The molecule has 1 unspecified atom stereocenters. The van der Waals surface area contributed by atoms with Crippen LogP contribution in [0.15, 0.2) is 155 Å². The number of carbonyl (C=O) groups excluding carboxylic acids is 3. The number of carboxylic acids is 2. The van der Waals surface area contributed by atoms with Crippen molar-refractivity contribution in [3.05, 3.63) is 222 Å². The lowest BCUT2D eigenvalue weighted by atomic mass is 10.1. The highest BCUT2D eigenvalue weighted by atomic mass is 16.5. The largest absolute Gasteiger partial charge is 0.484 e. The van der Waals surface area contributed by atoms with Crippen LogP contribution in [-0.2, 0) is 31.2 Å². The summed E-state index contributed by atoms with van der Waals surface area (Å²) >= 11 is 0. The number of nitrogens with one attached hydrogen (secondary N) is 5. The number of hydrogen-bond acceptors (Lipinski definition) is 12. The average Bonchev–Trinajstić information content (AvgIpc) is 3.45. The van der Waals surface area contributed by atoms with Gasteiger partial charge in [0.05, 0.1) is 16.7 Å². The van der Waals surface area contributed by atoms with Gasteiger partial charge in [-0.1, -0.05) is 121 Å². The number of carboxylic acid groups (broad SMARTS) is 2. The van der Waals surface area contributed by atoms with Crippen LogP contribution in [0.2, 0.25) is 0 Å². The molecule has 404 valence electrons. The Morgan fingerprint density at radius 3 is 1.26 bits per heavy atom. The third-order valence-corrected chi connectivity index (χ3v) is 12.2. The number of aromatic amines is 2. The number of carbonyl (C=O) groups is 5. The van der Waals surface area contributed by atoms with E-state index in [2.05, 4.69) is 25.9 Å². The van der Waals surface area contributed by atoms with E-state index < -0.39 is 46.8 Å². The summed E-state index contributed by atoms with van der Waals surface area (Å²) in [6.07, 6.45) is -0.474. The van der Waals surface area contributed by atoms with Crippen LogP contribution >= 0.6 is 0 Å². The van der Waals surface area contributed by atoms with Crippen molar-refractivity contribution in [1.29, 1.82) is 0 Å². The number of aliphatic carboxylic acids is 1. The van der Waals surface area contributed by atoms with E-state index in [0.717, 1.165) is 11.1 Å². The van der Waals surface area contributed by atoms with Crippen LogP contribution in [0, 0.1) is 13.8 Å². The first-order chi connectivity index (χ1) is 37.7. The van der Waals surface area contributed by atoms with Gasteiger partial charge in [0, 0.05) is 56.6 Å². The van der Waals surface area contributed by atoms with Gasteiger partial charge in [0.1, 0.15) is 32.0 Å². The van der Waals surface area contributed by atoms with Crippen LogP contribution in [0.25, 0.3) is 0 Å². The second-order valence-corrected chi connectivity index (χ2v) is 18.2. The lowest BCUT2D eigenvalue weighted by Crippen LogP contribution is -2.48. The number of ether oxygens (including phenoxy) is 4. The van der Waals surface area contributed by atoms with Crippen LogP contribution in [0.3, 0.4) is 0 Å². The first kappa shape index (κ1) is 56.2. The molecule has 1 atom stereocenters. The average molecular weight is 1060 g/mol. The number of amides is 3. The number of nitrogens with zero attached hydrogens (tertiary/aromatic N) is 1. The third-order valence-electron chi connectivity index (χ3n) is 12.2. The molecule has 0 fully saturated rings. The van der Waals surface area contributed by atoms with E-state index in [1.165, 1.54) is 24.3 Å². The van der Waals surface area contributed by atoms with Gasteiger partial charge in [0.25, 0.3) is 28.8 Å². The number of pyridine rings is 2. The smallest absolute Gasteiger partial charge is 0.339 e. The molecule has 0 bridgehead atoms. The SMILES string of the molecule is Cc1cc(C(=O)NCCN(CCNC(=O)c2cc(C)[nH]c(=O)c2OCc2ccccc2)CC(CCC(=O)O)NC(=O)c2ccc(C(=O)O)c(OCc3ccccc3)c2OCc2ccccc2)c(OCc2ccccc2)c(=O)[nH]1. The first-order valence-electron chi connectivity index (χ1n) is 25.1. The quantitative estimate of drug-likeness (QED) is 0.0266. The molecular weight excluding hydrogens is 1000 g/mol. The first-order valence-corrected chi connectivity index (χ1v) is 25.1. The van der Waals surface area contributed by atoms with Crippen LogP contribution in [-0.4, -0.2) is 93.5 Å². The Labute approximate surface area is 449 Å². The maximum absolute atomic E-state index is 14.6. The molecule has 0 aliphatic carbocycles. The molecule has 3 amide bonds. The lowest BCUT2D eigenvalue weighted by molar-refractivity contribution is -0.137. The van der Waals surface area contributed by atoms with Crippen molar-refractivity contribution < 1.29 is 53.1 Å². The maximum Gasteiger partial charge on any atom is 0.339 e. The summed E-state index contributed by atoms with van der Waals surface area (Å²) in [5, 5.41) is 28.9. The Balaban J connectivity index is 1.15. The summed E-state index contributed by atoms with van der Waals surface area (Å²) in [5.74, 6) is -5.19. The minimum absolute atomic E-state index is 0.0117. The fourth-order valence-corrected chi connectivity index (χ4v) is 8.31. The molecule has 0 aliphatic rings. The summed E-state index contributed by atoms with van der Waals surface area (Å²) < 4.78 is 24.2. The van der Waals surface area contributed by atoms with Crippen molar-refractivity contribution in [2.45, 2.75) is 59.2 Å². The molecule has 5 aromatic carbocycles. The summed E-state index contributed by atoms with van der Waals surface area (Å²) in [6, 6.07) is 40.8. The van der Waals surface area contributed by atoms with Crippen molar-refractivity contribution >= 4 is 29.7 Å². The van der Waals surface area contributed by atoms with Gasteiger partial charge in [0.15, 0.2) is 23.0 Å². The lowest BCUT2D eigenvalue weighted by Gasteiger charge is -2.29.